The molecule has 0 bridgehead atoms. The third-order valence-electron chi connectivity index (χ3n) is 2.34. The number of fused-ring (bicyclic) bond motifs is 1. The Kier molecular flexibility index (Phi) is 3.90. The van der Waals surface area contributed by atoms with Crippen molar-refractivity contribution in [3.05, 3.63) is 0 Å². The first kappa shape index (κ1) is 10.7. The number of hydrogen-bond acceptors (Lipinski definition) is 2. The summed E-state index contributed by atoms with van der Waals surface area (Å²) in [5.41, 5.74) is 0. The molecule has 2 N–H and O–H groups in total. The quantitative estimate of drug-likeness (QED) is 0.634. The molecule has 2 saturated heterocycles. The molecule has 2 fully saturated rings. The molecule has 0 aliphatic carbocycles. The van der Waals surface area contributed by atoms with Crippen LogP contribution in [0.2, 0.25) is 0 Å². The Morgan fingerprint density at radius 3 is 2.77 bits per heavy atom. The zero-order chi connectivity index (χ0) is 9.84. The summed E-state index contributed by atoms with van der Waals surface area (Å²) >= 11 is 1.96. The number of carbonyl (C=O) groups is 1. The van der Waals surface area contributed by atoms with Gasteiger partial charge in [-0.3, -0.25) is 0 Å². The molecule has 0 aromatic carbocycles. The van der Waals surface area contributed by atoms with Crippen molar-refractivity contribution in [1.82, 2.24) is 10.6 Å². The molecule has 0 aromatic rings. The maximum absolute atomic E-state index is 10.9. The van der Waals surface area contributed by atoms with Gasteiger partial charge in [0.2, 0.25) is 0 Å². The molecule has 0 saturated carbocycles. The fraction of sp³-hybridized carbons (Fsp3) is 0.889. The molecule has 0 spiro atoms. The SMILES string of the molecule is CC.CCC1SCC2NC(=O)NC21. The first-order chi connectivity index (χ1) is 6.31. The number of thioether (sulfide) groups is 1. The summed E-state index contributed by atoms with van der Waals surface area (Å²) in [5.74, 6) is 1.07. The van der Waals surface area contributed by atoms with Gasteiger partial charge in [-0.2, -0.15) is 11.8 Å². The van der Waals surface area contributed by atoms with Crippen LogP contribution in [0.4, 0.5) is 4.79 Å². The van der Waals surface area contributed by atoms with Crippen molar-refractivity contribution in [2.45, 2.75) is 44.5 Å². The lowest BCUT2D eigenvalue weighted by atomic mass is 10.1. The monoisotopic (exact) mass is 202 g/mol. The van der Waals surface area contributed by atoms with E-state index >= 15 is 0 Å². The highest BCUT2D eigenvalue weighted by Crippen LogP contribution is 2.31. The van der Waals surface area contributed by atoms with Gasteiger partial charge < -0.3 is 10.6 Å². The lowest BCUT2D eigenvalue weighted by Gasteiger charge is -2.13. The number of amides is 2. The second-order valence-corrected chi connectivity index (χ2v) is 4.30. The molecule has 4 heteroatoms. The summed E-state index contributed by atoms with van der Waals surface area (Å²) in [6, 6.07) is 0.786. The van der Waals surface area contributed by atoms with Crippen LogP contribution in [-0.4, -0.2) is 29.1 Å². The molecule has 0 aromatic heterocycles. The predicted octanol–water partition coefficient (Wildman–Crippen LogP) is 1.59. The fourth-order valence-corrected chi connectivity index (χ4v) is 3.20. The van der Waals surface area contributed by atoms with E-state index in [-0.39, 0.29) is 6.03 Å². The van der Waals surface area contributed by atoms with Gasteiger partial charge in [-0.05, 0) is 6.42 Å². The van der Waals surface area contributed by atoms with E-state index in [1.807, 2.05) is 25.6 Å². The molecule has 3 nitrogen and oxygen atoms in total. The largest absolute Gasteiger partial charge is 0.332 e. The fourth-order valence-electron chi connectivity index (χ4n) is 1.75. The minimum absolute atomic E-state index is 0.0127. The number of urea groups is 1. The van der Waals surface area contributed by atoms with Crippen LogP contribution in [0.5, 0.6) is 0 Å². The summed E-state index contributed by atoms with van der Waals surface area (Å²) in [5, 5.41) is 6.48. The van der Waals surface area contributed by atoms with Gasteiger partial charge in [-0.15, -0.1) is 0 Å². The van der Waals surface area contributed by atoms with Crippen LogP contribution in [0.25, 0.3) is 0 Å². The van der Waals surface area contributed by atoms with Gasteiger partial charge in [0.1, 0.15) is 0 Å². The van der Waals surface area contributed by atoms with Crippen molar-refractivity contribution in [3.63, 3.8) is 0 Å². The highest BCUT2D eigenvalue weighted by molar-refractivity contribution is 8.00. The van der Waals surface area contributed by atoms with E-state index in [1.54, 1.807) is 0 Å². The molecule has 2 aliphatic heterocycles. The average Bonchev–Trinajstić information content (AvgIpc) is 2.66. The standard InChI is InChI=1S/C7H12N2OS.C2H6/c1-2-5-6-4(3-11-5)8-7(10)9-6;1-2/h4-6H,2-3H2,1H3,(H2,8,9,10);1-2H3. The normalized spacial score (nSPS) is 35.6. The molecule has 2 amide bonds. The van der Waals surface area contributed by atoms with Gasteiger partial charge in [0.15, 0.2) is 0 Å². The van der Waals surface area contributed by atoms with E-state index in [1.165, 1.54) is 0 Å². The second kappa shape index (κ2) is 4.74. The molecule has 76 valence electrons. The van der Waals surface area contributed by atoms with E-state index < -0.39 is 0 Å². The van der Waals surface area contributed by atoms with Crippen LogP contribution >= 0.6 is 11.8 Å². The first-order valence-corrected chi connectivity index (χ1v) is 6.04. The van der Waals surface area contributed by atoms with E-state index in [4.69, 9.17) is 0 Å². The van der Waals surface area contributed by atoms with Crippen LogP contribution in [0.3, 0.4) is 0 Å². The van der Waals surface area contributed by atoms with Gasteiger partial charge in [0.05, 0.1) is 12.1 Å². The van der Waals surface area contributed by atoms with Crippen LogP contribution in [0.15, 0.2) is 0 Å². The van der Waals surface area contributed by atoms with Crippen molar-refractivity contribution in [1.29, 1.82) is 0 Å². The smallest absolute Gasteiger partial charge is 0.315 e. The zero-order valence-corrected chi connectivity index (χ0v) is 9.28. The van der Waals surface area contributed by atoms with Gasteiger partial charge in [-0.1, -0.05) is 20.8 Å². The number of hydrogen-bond donors (Lipinski definition) is 2. The van der Waals surface area contributed by atoms with Crippen molar-refractivity contribution in [2.24, 2.45) is 0 Å². The minimum atomic E-state index is 0.0127. The maximum atomic E-state index is 10.9. The highest BCUT2D eigenvalue weighted by Gasteiger charge is 2.41. The Hall–Kier alpha value is -0.380. The molecule has 3 unspecified atom stereocenters. The van der Waals surface area contributed by atoms with E-state index in [0.29, 0.717) is 17.3 Å². The van der Waals surface area contributed by atoms with E-state index in [2.05, 4.69) is 17.6 Å². The Bertz CT molecular complexity index is 186. The van der Waals surface area contributed by atoms with Crippen molar-refractivity contribution >= 4 is 17.8 Å². The third-order valence-corrected chi connectivity index (χ3v) is 3.95. The molecule has 2 aliphatic rings. The Morgan fingerprint density at radius 2 is 2.15 bits per heavy atom. The summed E-state index contributed by atoms with van der Waals surface area (Å²) < 4.78 is 0. The van der Waals surface area contributed by atoms with E-state index in [0.717, 1.165) is 12.2 Å². The van der Waals surface area contributed by atoms with E-state index in [9.17, 15) is 4.79 Å². The highest BCUT2D eigenvalue weighted by atomic mass is 32.2. The number of carbonyl (C=O) groups excluding carboxylic acids is 1. The average molecular weight is 202 g/mol. The maximum Gasteiger partial charge on any atom is 0.315 e. The Morgan fingerprint density at radius 1 is 1.46 bits per heavy atom. The predicted molar refractivity (Wildman–Crippen MR) is 57.1 cm³/mol. The molecular weight excluding hydrogens is 184 g/mol. The zero-order valence-electron chi connectivity index (χ0n) is 8.46. The van der Waals surface area contributed by atoms with Crippen LogP contribution in [0, 0.1) is 0 Å². The molecule has 0 radical (unpaired) electrons. The Labute approximate surface area is 84.0 Å². The lowest BCUT2D eigenvalue weighted by molar-refractivity contribution is 0.247. The second-order valence-electron chi connectivity index (χ2n) is 3.03. The van der Waals surface area contributed by atoms with Crippen LogP contribution < -0.4 is 10.6 Å². The van der Waals surface area contributed by atoms with Crippen molar-refractivity contribution in [2.75, 3.05) is 5.75 Å². The van der Waals surface area contributed by atoms with Gasteiger partial charge in [-0.25, -0.2) is 4.79 Å². The van der Waals surface area contributed by atoms with Gasteiger partial charge in [0.25, 0.3) is 0 Å². The third kappa shape index (κ3) is 2.10. The summed E-state index contributed by atoms with van der Waals surface area (Å²) in [7, 11) is 0. The first-order valence-electron chi connectivity index (χ1n) is 5.00. The lowest BCUT2D eigenvalue weighted by Crippen LogP contribution is -2.36. The molecule has 13 heavy (non-hydrogen) atoms. The molecule has 3 atom stereocenters. The van der Waals surface area contributed by atoms with Gasteiger partial charge in [0, 0.05) is 11.0 Å². The van der Waals surface area contributed by atoms with Crippen molar-refractivity contribution in [3.8, 4) is 0 Å². The van der Waals surface area contributed by atoms with Crippen molar-refractivity contribution < 1.29 is 4.79 Å². The molecule has 2 rings (SSSR count). The van der Waals surface area contributed by atoms with Crippen LogP contribution in [-0.2, 0) is 0 Å². The topological polar surface area (TPSA) is 41.1 Å². The van der Waals surface area contributed by atoms with Gasteiger partial charge >= 0.3 is 6.03 Å². The number of nitrogens with one attached hydrogen (secondary N) is 2. The number of rotatable bonds is 1. The summed E-state index contributed by atoms with van der Waals surface area (Å²) in [4.78, 5) is 10.9. The molecule has 2 heterocycles. The summed E-state index contributed by atoms with van der Waals surface area (Å²) in [6.45, 7) is 6.17. The Balaban J connectivity index is 0.000000396. The molecular formula is C9H18N2OS. The van der Waals surface area contributed by atoms with Crippen LogP contribution in [0.1, 0.15) is 27.2 Å². The minimum Gasteiger partial charge on any atom is -0.332 e. The summed E-state index contributed by atoms with van der Waals surface area (Å²) in [6.07, 6.45) is 1.15.